The molecule has 1 aromatic heterocycles. The second-order valence-electron chi connectivity index (χ2n) is 5.57. The normalized spacial score (nSPS) is 12.4. The number of amides is 2. The van der Waals surface area contributed by atoms with Gasteiger partial charge in [-0.2, -0.15) is 0 Å². The number of rotatable bonds is 8. The average molecular weight is 312 g/mol. The molecule has 0 spiro atoms. The number of hydrogen-bond acceptors (Lipinski definition) is 4. The fourth-order valence-corrected chi connectivity index (χ4v) is 3.00. The molecule has 21 heavy (non-hydrogen) atoms. The van der Waals surface area contributed by atoms with Crippen LogP contribution >= 0.6 is 11.3 Å². The maximum absolute atomic E-state index is 11.9. The Morgan fingerprint density at radius 1 is 1.38 bits per heavy atom. The van der Waals surface area contributed by atoms with Gasteiger partial charge in [-0.1, -0.05) is 13.8 Å². The molecule has 0 aliphatic carbocycles. The zero-order valence-corrected chi connectivity index (χ0v) is 13.9. The van der Waals surface area contributed by atoms with E-state index in [1.54, 1.807) is 6.07 Å². The summed E-state index contributed by atoms with van der Waals surface area (Å²) >= 11 is 1.35. The third kappa shape index (κ3) is 6.27. The van der Waals surface area contributed by atoms with Crippen LogP contribution in [0.2, 0.25) is 0 Å². The molecule has 0 unspecified atom stereocenters. The third-order valence-corrected chi connectivity index (χ3v) is 3.87. The molecule has 0 saturated heterocycles. The van der Waals surface area contributed by atoms with Crippen LogP contribution < -0.4 is 11.1 Å². The van der Waals surface area contributed by atoms with Crippen LogP contribution in [0.15, 0.2) is 6.07 Å². The Hall–Kier alpha value is -1.40. The molecule has 2 amide bonds. The van der Waals surface area contributed by atoms with E-state index in [0.717, 1.165) is 11.3 Å². The van der Waals surface area contributed by atoms with Gasteiger partial charge in [-0.15, -0.1) is 11.3 Å². The van der Waals surface area contributed by atoms with E-state index in [9.17, 15) is 9.59 Å². The number of nitrogens with two attached hydrogens (primary N) is 1. The van der Waals surface area contributed by atoms with E-state index in [0.29, 0.717) is 23.1 Å². The molecule has 0 aromatic carbocycles. The molecular weight excluding hydrogens is 288 g/mol. The van der Waals surface area contributed by atoms with E-state index < -0.39 is 5.91 Å². The lowest BCUT2D eigenvalue weighted by atomic mass is 10.1. The molecule has 0 aliphatic heterocycles. The highest BCUT2D eigenvalue weighted by atomic mass is 32.1. The number of aryl methyl sites for hydroxylation is 1. The lowest BCUT2D eigenvalue weighted by Gasteiger charge is -2.14. The third-order valence-electron chi connectivity index (χ3n) is 2.91. The summed E-state index contributed by atoms with van der Waals surface area (Å²) in [6, 6.07) is 1.68. The zero-order valence-electron chi connectivity index (χ0n) is 13.1. The Morgan fingerprint density at radius 3 is 2.62 bits per heavy atom. The fraction of sp³-hybridized carbons (Fsp3) is 0.600. The van der Waals surface area contributed by atoms with Gasteiger partial charge in [-0.3, -0.25) is 9.59 Å². The van der Waals surface area contributed by atoms with Crippen molar-refractivity contribution in [1.82, 2.24) is 0 Å². The molecule has 0 aliphatic rings. The van der Waals surface area contributed by atoms with Gasteiger partial charge in [0.1, 0.15) is 5.00 Å². The largest absolute Gasteiger partial charge is 0.378 e. The van der Waals surface area contributed by atoms with Gasteiger partial charge in [0.25, 0.3) is 5.91 Å². The van der Waals surface area contributed by atoms with Crippen molar-refractivity contribution < 1.29 is 14.3 Å². The first kappa shape index (κ1) is 17.7. The summed E-state index contributed by atoms with van der Waals surface area (Å²) in [4.78, 5) is 24.1. The van der Waals surface area contributed by atoms with Gasteiger partial charge in [0.2, 0.25) is 5.91 Å². The van der Waals surface area contributed by atoms with Crippen LogP contribution in [0.4, 0.5) is 5.00 Å². The molecular formula is C15H24N2O3S. The van der Waals surface area contributed by atoms with E-state index in [1.165, 1.54) is 11.3 Å². The number of nitrogens with one attached hydrogen (secondary N) is 1. The van der Waals surface area contributed by atoms with Gasteiger partial charge in [-0.05, 0) is 32.3 Å². The number of ether oxygens (including phenoxy) is 1. The van der Waals surface area contributed by atoms with Gasteiger partial charge >= 0.3 is 0 Å². The summed E-state index contributed by atoms with van der Waals surface area (Å²) in [5, 5.41) is 3.24. The molecule has 1 aromatic rings. The molecule has 5 nitrogen and oxygen atoms in total. The van der Waals surface area contributed by atoms with Gasteiger partial charge in [-0.25, -0.2) is 0 Å². The SMILES string of the molecule is Cc1cc(C(N)=O)c(NC(=O)CCO[C@@H](C)CC(C)C)s1. The topological polar surface area (TPSA) is 81.4 Å². The Bertz CT molecular complexity index is 497. The van der Waals surface area contributed by atoms with Crippen LogP contribution in [0.5, 0.6) is 0 Å². The summed E-state index contributed by atoms with van der Waals surface area (Å²) in [5.41, 5.74) is 5.64. The maximum Gasteiger partial charge on any atom is 0.251 e. The molecule has 0 bridgehead atoms. The first-order chi connectivity index (χ1) is 9.79. The van der Waals surface area contributed by atoms with E-state index >= 15 is 0 Å². The van der Waals surface area contributed by atoms with E-state index in [1.807, 2.05) is 13.8 Å². The van der Waals surface area contributed by atoms with Crippen molar-refractivity contribution in [3.8, 4) is 0 Å². The van der Waals surface area contributed by atoms with Crippen LogP contribution in [-0.4, -0.2) is 24.5 Å². The second kappa shape index (κ2) is 8.14. The molecule has 1 heterocycles. The number of carbonyl (C=O) groups excluding carboxylic acids is 2. The second-order valence-corrected chi connectivity index (χ2v) is 6.83. The van der Waals surface area contributed by atoms with Crippen molar-refractivity contribution in [3.63, 3.8) is 0 Å². The Kier molecular flexibility index (Phi) is 6.84. The van der Waals surface area contributed by atoms with Gasteiger partial charge in [0, 0.05) is 4.88 Å². The average Bonchev–Trinajstić information content (AvgIpc) is 2.69. The van der Waals surface area contributed by atoms with E-state index in [4.69, 9.17) is 10.5 Å². The summed E-state index contributed by atoms with van der Waals surface area (Å²) in [6.07, 6.45) is 1.37. The van der Waals surface area contributed by atoms with Crippen LogP contribution in [0.1, 0.15) is 48.8 Å². The van der Waals surface area contributed by atoms with Gasteiger partial charge < -0.3 is 15.8 Å². The monoisotopic (exact) mass is 312 g/mol. The number of thiophene rings is 1. The highest BCUT2D eigenvalue weighted by Crippen LogP contribution is 2.27. The molecule has 6 heteroatoms. The first-order valence-electron chi connectivity index (χ1n) is 7.11. The minimum Gasteiger partial charge on any atom is -0.378 e. The molecule has 3 N–H and O–H groups in total. The standard InChI is InChI=1S/C15H24N2O3S/c1-9(2)7-10(3)20-6-5-13(18)17-15-12(14(16)19)8-11(4)21-15/h8-10H,5-7H2,1-4H3,(H2,16,19)(H,17,18)/t10-/m0/s1. The lowest BCUT2D eigenvalue weighted by Crippen LogP contribution is -2.19. The highest BCUT2D eigenvalue weighted by molar-refractivity contribution is 7.16. The quantitative estimate of drug-likeness (QED) is 0.774. The van der Waals surface area contributed by atoms with E-state index in [2.05, 4.69) is 19.2 Å². The maximum atomic E-state index is 11.9. The summed E-state index contributed by atoms with van der Waals surface area (Å²) < 4.78 is 5.59. The molecule has 118 valence electrons. The first-order valence-corrected chi connectivity index (χ1v) is 7.93. The van der Waals surface area contributed by atoms with Gasteiger partial charge in [0.05, 0.1) is 24.7 Å². The van der Waals surface area contributed by atoms with Crippen molar-refractivity contribution >= 4 is 28.2 Å². The molecule has 0 saturated carbocycles. The van der Waals surface area contributed by atoms with Crippen LogP contribution in [0, 0.1) is 12.8 Å². The number of primary amides is 1. The predicted octanol–water partition coefficient (Wildman–Crippen LogP) is 2.94. The smallest absolute Gasteiger partial charge is 0.251 e. The van der Waals surface area contributed by atoms with E-state index in [-0.39, 0.29) is 18.4 Å². The Morgan fingerprint density at radius 2 is 2.05 bits per heavy atom. The molecule has 0 radical (unpaired) electrons. The van der Waals surface area contributed by atoms with Crippen molar-refractivity contribution in [2.24, 2.45) is 11.7 Å². The molecule has 1 rings (SSSR count). The van der Waals surface area contributed by atoms with Crippen molar-refractivity contribution in [2.45, 2.75) is 46.6 Å². The molecule has 0 fully saturated rings. The fourth-order valence-electron chi connectivity index (χ4n) is 2.06. The van der Waals surface area contributed by atoms with Crippen LogP contribution in [0.25, 0.3) is 0 Å². The predicted molar refractivity (Wildman–Crippen MR) is 85.7 cm³/mol. The van der Waals surface area contributed by atoms with Crippen LogP contribution in [-0.2, 0) is 9.53 Å². The van der Waals surface area contributed by atoms with Crippen molar-refractivity contribution in [1.29, 1.82) is 0 Å². The Labute approximate surface area is 129 Å². The molecule has 1 atom stereocenters. The number of hydrogen-bond donors (Lipinski definition) is 2. The number of carbonyl (C=O) groups is 2. The van der Waals surface area contributed by atoms with Crippen molar-refractivity contribution in [3.05, 3.63) is 16.5 Å². The zero-order chi connectivity index (χ0) is 16.0. The van der Waals surface area contributed by atoms with Gasteiger partial charge in [0.15, 0.2) is 0 Å². The summed E-state index contributed by atoms with van der Waals surface area (Å²) in [7, 11) is 0. The minimum atomic E-state index is -0.531. The van der Waals surface area contributed by atoms with Crippen LogP contribution in [0.3, 0.4) is 0 Å². The Balaban J connectivity index is 2.42. The summed E-state index contributed by atoms with van der Waals surface area (Å²) in [5.74, 6) is -0.131. The number of anilines is 1. The van der Waals surface area contributed by atoms with Crippen molar-refractivity contribution in [2.75, 3.05) is 11.9 Å². The highest BCUT2D eigenvalue weighted by Gasteiger charge is 2.14. The lowest BCUT2D eigenvalue weighted by molar-refractivity contribution is -0.117. The minimum absolute atomic E-state index is 0.142. The summed E-state index contributed by atoms with van der Waals surface area (Å²) in [6.45, 7) is 8.51.